The molecule has 3 aromatic rings. The SMILES string of the molecule is C.CCCCNC(=O)Nc1ccc(-c2cnc(Nc3ccc(S(C)(=O)=NC(=O)OCC)cc3)nc2N[C@H](C)CO)cc1. The molecule has 3 rings (SSSR count). The quantitative estimate of drug-likeness (QED) is 0.160. The molecule has 2 aromatic carbocycles. The first-order chi connectivity index (χ1) is 19.6. The summed E-state index contributed by atoms with van der Waals surface area (Å²) in [5.74, 6) is 0.799. The smallest absolute Gasteiger partial charge is 0.442 e. The maximum absolute atomic E-state index is 12.9. The molecule has 0 aliphatic rings. The van der Waals surface area contributed by atoms with Crippen LogP contribution in [0.2, 0.25) is 0 Å². The van der Waals surface area contributed by atoms with Crippen molar-refractivity contribution in [2.75, 3.05) is 42.0 Å². The lowest BCUT2D eigenvalue weighted by molar-refractivity contribution is 0.164. The molecule has 12 nitrogen and oxygen atoms in total. The average Bonchev–Trinajstić information content (AvgIpc) is 2.94. The first kappa shape index (κ1) is 34.0. The largest absolute Gasteiger partial charge is 0.448 e. The van der Waals surface area contributed by atoms with Crippen molar-refractivity contribution in [2.24, 2.45) is 4.36 Å². The third kappa shape index (κ3) is 10.00. The van der Waals surface area contributed by atoms with Crippen molar-refractivity contribution < 1.29 is 23.6 Å². The number of unbranched alkanes of at least 4 members (excludes halogenated alkanes) is 1. The number of nitrogens with one attached hydrogen (secondary N) is 4. The van der Waals surface area contributed by atoms with Crippen LogP contribution in [0.4, 0.5) is 32.7 Å². The molecule has 1 unspecified atom stereocenters. The van der Waals surface area contributed by atoms with Crippen molar-refractivity contribution in [3.63, 3.8) is 0 Å². The number of aromatic nitrogens is 2. The van der Waals surface area contributed by atoms with E-state index in [-0.39, 0.29) is 32.7 Å². The molecule has 228 valence electrons. The average molecular weight is 600 g/mol. The minimum atomic E-state index is -2.97. The fraction of sp³-hybridized carbons (Fsp3) is 0.379. The van der Waals surface area contributed by atoms with Crippen LogP contribution in [0.15, 0.2) is 64.0 Å². The van der Waals surface area contributed by atoms with Crippen molar-refractivity contribution in [3.8, 4) is 11.1 Å². The van der Waals surface area contributed by atoms with Crippen LogP contribution in [0.1, 0.15) is 41.0 Å². The predicted octanol–water partition coefficient (Wildman–Crippen LogP) is 5.85. The zero-order valence-corrected chi connectivity index (χ0v) is 24.5. The Morgan fingerprint density at radius 1 is 1.07 bits per heavy atom. The third-order valence-corrected chi connectivity index (χ3v) is 7.42. The molecule has 0 saturated heterocycles. The van der Waals surface area contributed by atoms with Gasteiger partial charge in [0.1, 0.15) is 5.82 Å². The molecule has 13 heteroatoms. The number of nitrogens with zero attached hydrogens (tertiary/aromatic N) is 3. The number of aliphatic hydroxyl groups is 1. The Hall–Kier alpha value is -4.23. The molecule has 3 amide bonds. The molecule has 42 heavy (non-hydrogen) atoms. The molecule has 0 saturated carbocycles. The first-order valence-electron chi connectivity index (χ1n) is 13.3. The van der Waals surface area contributed by atoms with Gasteiger partial charge >= 0.3 is 12.1 Å². The van der Waals surface area contributed by atoms with Crippen molar-refractivity contribution in [1.82, 2.24) is 15.3 Å². The van der Waals surface area contributed by atoms with E-state index >= 15 is 0 Å². The molecular weight excluding hydrogens is 558 g/mol. The Kier molecular flexibility index (Phi) is 13.2. The van der Waals surface area contributed by atoms with Gasteiger partial charge < -0.3 is 31.1 Å². The summed E-state index contributed by atoms with van der Waals surface area (Å²) in [7, 11) is -2.97. The second kappa shape index (κ2) is 16.3. The monoisotopic (exact) mass is 599 g/mol. The molecule has 0 fully saturated rings. The van der Waals surface area contributed by atoms with Crippen LogP contribution >= 0.6 is 0 Å². The summed E-state index contributed by atoms with van der Waals surface area (Å²) >= 11 is 0. The maximum atomic E-state index is 12.9. The Morgan fingerprint density at radius 3 is 2.36 bits per heavy atom. The van der Waals surface area contributed by atoms with Crippen LogP contribution in [-0.4, -0.2) is 63.5 Å². The van der Waals surface area contributed by atoms with Crippen LogP contribution in [-0.2, 0) is 14.5 Å². The highest BCUT2D eigenvalue weighted by molar-refractivity contribution is 7.93. The number of hydrogen-bond donors (Lipinski definition) is 5. The van der Waals surface area contributed by atoms with E-state index in [1.165, 1.54) is 6.26 Å². The maximum Gasteiger partial charge on any atom is 0.442 e. The molecule has 1 aromatic heterocycles. The lowest BCUT2D eigenvalue weighted by Gasteiger charge is -2.17. The normalized spacial score (nSPS) is 12.6. The molecule has 0 bridgehead atoms. The Labute approximate surface area is 247 Å². The van der Waals surface area contributed by atoms with Gasteiger partial charge in [0.15, 0.2) is 0 Å². The van der Waals surface area contributed by atoms with Gasteiger partial charge in [-0.25, -0.2) is 18.8 Å². The van der Waals surface area contributed by atoms with E-state index in [4.69, 9.17) is 4.74 Å². The Balaban J connectivity index is 0.00000616. The minimum Gasteiger partial charge on any atom is -0.448 e. The molecule has 2 atom stereocenters. The topological polar surface area (TPSA) is 167 Å². The molecule has 5 N–H and O–H groups in total. The zero-order chi connectivity index (χ0) is 29.8. The van der Waals surface area contributed by atoms with Gasteiger partial charge in [-0.3, -0.25) is 0 Å². The van der Waals surface area contributed by atoms with Crippen molar-refractivity contribution >= 4 is 45.0 Å². The molecule has 0 aliphatic carbocycles. The van der Waals surface area contributed by atoms with Gasteiger partial charge in [-0.1, -0.05) is 32.9 Å². The van der Waals surface area contributed by atoms with Crippen LogP contribution in [0.3, 0.4) is 0 Å². The Morgan fingerprint density at radius 2 is 1.74 bits per heavy atom. The summed E-state index contributed by atoms with van der Waals surface area (Å²) in [5.41, 5.74) is 2.79. The Bertz CT molecular complexity index is 1440. The number of urea groups is 1. The van der Waals surface area contributed by atoms with E-state index in [2.05, 4.69) is 42.5 Å². The van der Waals surface area contributed by atoms with Gasteiger partial charge in [-0.2, -0.15) is 4.98 Å². The number of carbonyl (C=O) groups excluding carboxylic acids is 2. The number of hydrogen-bond acceptors (Lipinski definition) is 9. The second-order valence-corrected chi connectivity index (χ2v) is 11.5. The summed E-state index contributed by atoms with van der Waals surface area (Å²) in [6.07, 6.45) is 4.08. The van der Waals surface area contributed by atoms with Gasteiger partial charge in [0.25, 0.3) is 0 Å². The highest BCUT2D eigenvalue weighted by Gasteiger charge is 2.14. The van der Waals surface area contributed by atoms with Crippen molar-refractivity contribution in [1.29, 1.82) is 0 Å². The number of amides is 3. The fourth-order valence-corrected chi connectivity index (χ4v) is 4.68. The predicted molar refractivity (Wildman–Crippen MR) is 168 cm³/mol. The van der Waals surface area contributed by atoms with Crippen LogP contribution < -0.4 is 21.3 Å². The van der Waals surface area contributed by atoms with Gasteiger partial charge in [0.2, 0.25) is 5.95 Å². The van der Waals surface area contributed by atoms with E-state index in [0.717, 1.165) is 18.4 Å². The number of ether oxygens (including phenoxy) is 1. The van der Waals surface area contributed by atoms with Crippen LogP contribution in [0.5, 0.6) is 0 Å². The fourth-order valence-electron chi connectivity index (χ4n) is 3.59. The highest BCUT2D eigenvalue weighted by Crippen LogP contribution is 2.29. The van der Waals surface area contributed by atoms with Crippen molar-refractivity contribution in [2.45, 2.75) is 52.0 Å². The van der Waals surface area contributed by atoms with Crippen LogP contribution in [0.25, 0.3) is 11.1 Å². The van der Waals surface area contributed by atoms with E-state index < -0.39 is 15.8 Å². The van der Waals surface area contributed by atoms with E-state index in [0.29, 0.717) is 40.1 Å². The second-order valence-electron chi connectivity index (χ2n) is 9.24. The van der Waals surface area contributed by atoms with E-state index in [9.17, 15) is 18.9 Å². The van der Waals surface area contributed by atoms with Gasteiger partial charge in [-0.15, -0.1) is 4.36 Å². The molecule has 1 heterocycles. The zero-order valence-electron chi connectivity index (χ0n) is 23.6. The lowest BCUT2D eigenvalue weighted by Crippen LogP contribution is -2.29. The summed E-state index contributed by atoms with van der Waals surface area (Å²) in [6.45, 7) is 6.20. The number of carbonyl (C=O) groups is 2. The summed E-state index contributed by atoms with van der Waals surface area (Å²) in [5, 5.41) is 21.6. The summed E-state index contributed by atoms with van der Waals surface area (Å²) in [4.78, 5) is 33.2. The standard InChI is InChI=1S/C28H37N7O5S.CH4/c1-5-7-16-29-27(37)33-22-10-8-20(9-11-22)24-17-30-26(34-25(24)31-19(3)18-36)32-21-12-14-23(15-13-21)41(4,39)35-28(38)40-6-2;/h8-15,17,19,36H,5-7,16,18H2,1-4H3,(H2,29,33,37)(H2,30,31,32,34);1H4/t19-,41?;/m1./s1. The van der Waals surface area contributed by atoms with Gasteiger partial charge in [-0.05, 0) is 62.2 Å². The van der Waals surface area contributed by atoms with Gasteiger partial charge in [0.05, 0.1) is 22.9 Å². The highest BCUT2D eigenvalue weighted by atomic mass is 32.2. The first-order valence-corrected chi connectivity index (χ1v) is 15.2. The van der Waals surface area contributed by atoms with E-state index in [1.54, 1.807) is 49.5 Å². The van der Waals surface area contributed by atoms with E-state index in [1.807, 2.05) is 19.1 Å². The lowest BCUT2D eigenvalue weighted by atomic mass is 10.1. The number of anilines is 4. The molecule has 0 radical (unpaired) electrons. The number of rotatable bonds is 12. The van der Waals surface area contributed by atoms with Gasteiger partial charge in [0, 0.05) is 46.9 Å². The summed E-state index contributed by atoms with van der Waals surface area (Å²) in [6, 6.07) is 13.3. The third-order valence-electron chi connectivity index (χ3n) is 5.78. The van der Waals surface area contributed by atoms with Crippen LogP contribution in [0, 0.1) is 0 Å². The molecular formula is C29H41N7O5S. The summed E-state index contributed by atoms with van der Waals surface area (Å²) < 4.78 is 21.3. The van der Waals surface area contributed by atoms with Crippen molar-refractivity contribution in [3.05, 3.63) is 54.7 Å². The molecule has 0 aliphatic heterocycles. The number of benzene rings is 2. The molecule has 0 spiro atoms. The minimum absolute atomic E-state index is 0. The number of aliphatic hydroxyl groups excluding tert-OH is 1.